The molecule has 1 heterocycles. The van der Waals surface area contributed by atoms with Crippen molar-refractivity contribution in [3.05, 3.63) is 41.7 Å². The fourth-order valence-corrected chi connectivity index (χ4v) is 2.57. The molecule has 7 nitrogen and oxygen atoms in total. The van der Waals surface area contributed by atoms with Crippen LogP contribution in [0.25, 0.3) is 0 Å². The molecule has 0 saturated carbocycles. The van der Waals surface area contributed by atoms with E-state index in [1.807, 2.05) is 49.8 Å². The van der Waals surface area contributed by atoms with E-state index >= 15 is 0 Å². The van der Waals surface area contributed by atoms with Crippen molar-refractivity contribution in [1.82, 2.24) is 20.4 Å². The summed E-state index contributed by atoms with van der Waals surface area (Å²) >= 11 is 0. The van der Waals surface area contributed by atoms with Crippen LogP contribution >= 0.6 is 24.0 Å². The second kappa shape index (κ2) is 11.7. The molecule has 2 N–H and O–H groups in total. The Bertz CT molecular complexity index is 733. The van der Waals surface area contributed by atoms with Crippen LogP contribution in [0.3, 0.4) is 0 Å². The van der Waals surface area contributed by atoms with Gasteiger partial charge in [0.2, 0.25) is 0 Å². The third kappa shape index (κ3) is 6.60. The Morgan fingerprint density at radius 3 is 2.48 bits per heavy atom. The normalized spacial score (nSPS) is 12.1. The Kier molecular flexibility index (Phi) is 9.98. The van der Waals surface area contributed by atoms with E-state index in [0.717, 1.165) is 28.7 Å². The number of ether oxygens (including phenoxy) is 2. The summed E-state index contributed by atoms with van der Waals surface area (Å²) in [5, 5.41) is 10.9. The van der Waals surface area contributed by atoms with E-state index in [4.69, 9.17) is 9.47 Å². The molecule has 0 spiro atoms. The highest BCUT2D eigenvalue weighted by molar-refractivity contribution is 14.0. The zero-order valence-corrected chi connectivity index (χ0v) is 19.0. The predicted octanol–water partition coefficient (Wildman–Crippen LogP) is 3.26. The maximum atomic E-state index is 5.71. The maximum Gasteiger partial charge on any atom is 0.191 e. The molecule has 2 aromatic rings. The van der Waals surface area contributed by atoms with Crippen LogP contribution in [0.15, 0.2) is 35.5 Å². The van der Waals surface area contributed by atoms with Gasteiger partial charge in [-0.3, -0.25) is 9.67 Å². The Hall–Kier alpha value is -1.97. The molecule has 0 amide bonds. The molecule has 1 aromatic carbocycles. The second-order valence-electron chi connectivity index (χ2n) is 5.81. The molecule has 0 aliphatic carbocycles. The molecular formula is C19H30IN5O2. The lowest BCUT2D eigenvalue weighted by Gasteiger charge is -2.20. The average Bonchev–Trinajstić information content (AvgIpc) is 3.05. The zero-order chi connectivity index (χ0) is 18.9. The fraction of sp³-hybridized carbons (Fsp3) is 0.474. The first-order valence-corrected chi connectivity index (χ1v) is 8.92. The number of aromatic nitrogens is 2. The Labute approximate surface area is 178 Å². The van der Waals surface area contributed by atoms with Gasteiger partial charge in [-0.1, -0.05) is 6.07 Å². The van der Waals surface area contributed by atoms with Gasteiger partial charge in [0.1, 0.15) is 0 Å². The number of hydrogen-bond acceptors (Lipinski definition) is 4. The molecule has 150 valence electrons. The summed E-state index contributed by atoms with van der Waals surface area (Å²) < 4.78 is 13.2. The number of nitrogens with zero attached hydrogens (tertiary/aromatic N) is 3. The number of aryl methyl sites for hydroxylation is 1. The van der Waals surface area contributed by atoms with E-state index in [1.165, 1.54) is 0 Å². The van der Waals surface area contributed by atoms with Crippen LogP contribution in [0.2, 0.25) is 0 Å². The van der Waals surface area contributed by atoms with Gasteiger partial charge in [0, 0.05) is 20.3 Å². The molecule has 27 heavy (non-hydrogen) atoms. The van der Waals surface area contributed by atoms with Gasteiger partial charge in [0.15, 0.2) is 17.5 Å². The first-order chi connectivity index (χ1) is 12.6. The minimum atomic E-state index is 0. The quantitative estimate of drug-likeness (QED) is 0.340. The third-order valence-corrected chi connectivity index (χ3v) is 4.00. The van der Waals surface area contributed by atoms with Crippen LogP contribution < -0.4 is 20.1 Å². The highest BCUT2D eigenvalue weighted by atomic mass is 127. The first-order valence-electron chi connectivity index (χ1n) is 8.92. The average molecular weight is 487 g/mol. The first kappa shape index (κ1) is 23.1. The summed E-state index contributed by atoms with van der Waals surface area (Å²) in [7, 11) is 3.68. The third-order valence-electron chi connectivity index (χ3n) is 4.00. The summed E-state index contributed by atoms with van der Waals surface area (Å²) in [6, 6.07) is 8.04. The van der Waals surface area contributed by atoms with Gasteiger partial charge >= 0.3 is 0 Å². The van der Waals surface area contributed by atoms with Gasteiger partial charge in [0.25, 0.3) is 0 Å². The van der Waals surface area contributed by atoms with Crippen molar-refractivity contribution < 1.29 is 9.47 Å². The Morgan fingerprint density at radius 1 is 1.19 bits per heavy atom. The lowest BCUT2D eigenvalue weighted by Crippen LogP contribution is -2.38. The summed E-state index contributed by atoms with van der Waals surface area (Å²) in [5.74, 6) is 2.26. The van der Waals surface area contributed by atoms with Crippen LogP contribution in [0.5, 0.6) is 11.5 Å². The van der Waals surface area contributed by atoms with Crippen molar-refractivity contribution in [1.29, 1.82) is 0 Å². The number of aliphatic imine (C=N–C) groups is 1. The summed E-state index contributed by atoms with van der Waals surface area (Å²) in [4.78, 5) is 4.30. The van der Waals surface area contributed by atoms with Crippen molar-refractivity contribution in [2.24, 2.45) is 12.0 Å². The van der Waals surface area contributed by atoms with E-state index in [1.54, 1.807) is 13.2 Å². The summed E-state index contributed by atoms with van der Waals surface area (Å²) in [5.41, 5.74) is 2.18. The zero-order valence-electron chi connectivity index (χ0n) is 16.7. The highest BCUT2D eigenvalue weighted by Gasteiger charge is 2.12. The van der Waals surface area contributed by atoms with Crippen molar-refractivity contribution in [3.8, 4) is 11.5 Å². The fourth-order valence-electron chi connectivity index (χ4n) is 2.57. The molecule has 1 unspecified atom stereocenters. The SMILES string of the molecule is CCOc1ccc(C(C)NC(=NC)NCc2ccnn2C)cc1OCC.I. The van der Waals surface area contributed by atoms with Crippen molar-refractivity contribution >= 4 is 29.9 Å². The Balaban J connectivity index is 0.00000364. The number of hydrogen-bond donors (Lipinski definition) is 2. The molecule has 0 fully saturated rings. The number of rotatable bonds is 8. The maximum absolute atomic E-state index is 5.71. The Morgan fingerprint density at radius 2 is 1.89 bits per heavy atom. The van der Waals surface area contributed by atoms with E-state index < -0.39 is 0 Å². The topological polar surface area (TPSA) is 72.7 Å². The molecule has 0 aliphatic heterocycles. The minimum Gasteiger partial charge on any atom is -0.490 e. The van der Waals surface area contributed by atoms with Crippen LogP contribution in [-0.4, -0.2) is 36.0 Å². The summed E-state index contributed by atoms with van der Waals surface area (Å²) in [6.45, 7) is 7.87. The smallest absolute Gasteiger partial charge is 0.191 e. The molecular weight excluding hydrogens is 457 g/mol. The molecule has 0 aliphatic rings. The lowest BCUT2D eigenvalue weighted by atomic mass is 10.1. The number of nitrogens with one attached hydrogen (secondary N) is 2. The van der Waals surface area contributed by atoms with Crippen LogP contribution in [-0.2, 0) is 13.6 Å². The summed E-state index contributed by atoms with van der Waals surface area (Å²) in [6.07, 6.45) is 1.78. The minimum absolute atomic E-state index is 0. The van der Waals surface area contributed by atoms with Crippen molar-refractivity contribution in [2.45, 2.75) is 33.4 Å². The molecule has 2 rings (SSSR count). The van der Waals surface area contributed by atoms with Gasteiger partial charge in [-0.25, -0.2) is 0 Å². The van der Waals surface area contributed by atoms with Gasteiger partial charge in [-0.2, -0.15) is 5.10 Å². The molecule has 8 heteroatoms. The van der Waals surface area contributed by atoms with E-state index in [9.17, 15) is 0 Å². The largest absolute Gasteiger partial charge is 0.490 e. The van der Waals surface area contributed by atoms with Crippen molar-refractivity contribution in [3.63, 3.8) is 0 Å². The van der Waals surface area contributed by atoms with E-state index in [-0.39, 0.29) is 30.0 Å². The van der Waals surface area contributed by atoms with Crippen LogP contribution in [0, 0.1) is 0 Å². The molecule has 0 bridgehead atoms. The van der Waals surface area contributed by atoms with Gasteiger partial charge < -0.3 is 20.1 Å². The standard InChI is InChI=1S/C19H29N5O2.HI/c1-6-25-17-9-8-15(12-18(17)26-7-2)14(3)23-19(20-4)21-13-16-10-11-22-24(16)5;/h8-12,14H,6-7,13H2,1-5H3,(H2,20,21,23);1H. The van der Waals surface area contributed by atoms with Gasteiger partial charge in [0.05, 0.1) is 31.5 Å². The predicted molar refractivity (Wildman–Crippen MR) is 119 cm³/mol. The second-order valence-corrected chi connectivity index (χ2v) is 5.81. The van der Waals surface area contributed by atoms with Crippen LogP contribution in [0.1, 0.15) is 38.1 Å². The van der Waals surface area contributed by atoms with E-state index in [0.29, 0.717) is 19.8 Å². The lowest BCUT2D eigenvalue weighted by molar-refractivity contribution is 0.287. The van der Waals surface area contributed by atoms with Gasteiger partial charge in [-0.05, 0) is 44.5 Å². The van der Waals surface area contributed by atoms with Crippen molar-refractivity contribution in [2.75, 3.05) is 20.3 Å². The van der Waals surface area contributed by atoms with Crippen LogP contribution in [0.4, 0.5) is 0 Å². The number of benzene rings is 1. The molecule has 1 atom stereocenters. The number of halogens is 1. The molecule has 0 radical (unpaired) electrons. The molecule has 0 saturated heterocycles. The van der Waals surface area contributed by atoms with Gasteiger partial charge in [-0.15, -0.1) is 24.0 Å². The van der Waals surface area contributed by atoms with E-state index in [2.05, 4.69) is 27.6 Å². The highest BCUT2D eigenvalue weighted by Crippen LogP contribution is 2.30. The molecule has 1 aromatic heterocycles. The number of guanidine groups is 1. The monoisotopic (exact) mass is 487 g/mol.